The monoisotopic (exact) mass is 530 g/mol. The van der Waals surface area contributed by atoms with Crippen LogP contribution in [0.25, 0.3) is 0 Å². The first-order valence-electron chi connectivity index (χ1n) is 13.3. The predicted molar refractivity (Wildman–Crippen MR) is 144 cm³/mol. The van der Waals surface area contributed by atoms with Crippen molar-refractivity contribution >= 4 is 24.1 Å². The van der Waals surface area contributed by atoms with Crippen LogP contribution in [0.15, 0.2) is 23.2 Å². The fourth-order valence-corrected chi connectivity index (χ4v) is 4.38. The number of nitrogens with one attached hydrogen (secondary N) is 1. The molecule has 210 valence electrons. The summed E-state index contributed by atoms with van der Waals surface area (Å²) in [6.07, 6.45) is 1.08. The van der Waals surface area contributed by atoms with Gasteiger partial charge >= 0.3 is 12.2 Å². The molecule has 1 N–H and O–H groups in total. The van der Waals surface area contributed by atoms with Crippen LogP contribution in [-0.4, -0.2) is 71.3 Å². The Morgan fingerprint density at radius 3 is 2.21 bits per heavy atom. The fraction of sp³-hybridized carbons (Fsp3) is 0.643. The van der Waals surface area contributed by atoms with Crippen molar-refractivity contribution in [2.24, 2.45) is 10.9 Å². The molecule has 2 heterocycles. The van der Waals surface area contributed by atoms with Gasteiger partial charge in [-0.3, -0.25) is 10.1 Å². The van der Waals surface area contributed by atoms with Gasteiger partial charge in [0.1, 0.15) is 17.0 Å². The van der Waals surface area contributed by atoms with E-state index in [0.717, 1.165) is 37.2 Å². The van der Waals surface area contributed by atoms with Gasteiger partial charge in [0.2, 0.25) is 11.9 Å². The third kappa shape index (κ3) is 9.22. The summed E-state index contributed by atoms with van der Waals surface area (Å²) in [5.41, 5.74) is 0.784. The van der Waals surface area contributed by atoms with Crippen molar-refractivity contribution in [3.63, 3.8) is 0 Å². The summed E-state index contributed by atoms with van der Waals surface area (Å²) >= 11 is 0. The van der Waals surface area contributed by atoms with Gasteiger partial charge < -0.3 is 24.0 Å². The highest BCUT2D eigenvalue weighted by atomic mass is 16.6. The Morgan fingerprint density at radius 2 is 1.61 bits per heavy atom. The van der Waals surface area contributed by atoms with Crippen molar-refractivity contribution in [1.29, 1.82) is 0 Å². The number of likely N-dealkylation sites (tertiary alicyclic amines) is 1. The van der Waals surface area contributed by atoms with Crippen molar-refractivity contribution in [3.8, 4) is 5.75 Å². The molecule has 10 nitrogen and oxygen atoms in total. The highest BCUT2D eigenvalue weighted by Crippen LogP contribution is 2.26. The van der Waals surface area contributed by atoms with Crippen LogP contribution in [0.3, 0.4) is 0 Å². The zero-order valence-electron chi connectivity index (χ0n) is 23.8. The molecule has 1 saturated heterocycles. The lowest BCUT2D eigenvalue weighted by molar-refractivity contribution is -0.130. The van der Waals surface area contributed by atoms with E-state index >= 15 is 0 Å². The van der Waals surface area contributed by atoms with E-state index in [-0.39, 0.29) is 11.9 Å². The molecule has 0 unspecified atom stereocenters. The molecule has 0 spiro atoms. The maximum absolute atomic E-state index is 12.5. The van der Waals surface area contributed by atoms with Gasteiger partial charge in [-0.2, -0.15) is 0 Å². The molecule has 2 aliphatic heterocycles. The second-order valence-corrected chi connectivity index (χ2v) is 11.9. The molecule has 1 fully saturated rings. The molecular formula is C28H42N4O6. The number of aliphatic imine (C=N–C) groups is 1. The number of carbonyl (C=O) groups excluding carboxylic acids is 3. The smallest absolute Gasteiger partial charge is 0.437 e. The van der Waals surface area contributed by atoms with E-state index in [9.17, 15) is 14.4 Å². The molecule has 0 atom stereocenters. The van der Waals surface area contributed by atoms with Crippen LogP contribution >= 0.6 is 0 Å². The number of hydrogen-bond acceptors (Lipinski definition) is 6. The van der Waals surface area contributed by atoms with Crippen molar-refractivity contribution in [3.05, 3.63) is 29.3 Å². The Kier molecular flexibility index (Phi) is 9.27. The largest absolute Gasteiger partial charge is 0.493 e. The van der Waals surface area contributed by atoms with Crippen molar-refractivity contribution in [2.45, 2.75) is 85.5 Å². The molecule has 3 rings (SSSR count). The summed E-state index contributed by atoms with van der Waals surface area (Å²) in [7, 11) is 0. The zero-order chi connectivity index (χ0) is 28.1. The van der Waals surface area contributed by atoms with Crippen LogP contribution in [-0.2, 0) is 27.2 Å². The molecule has 2 aliphatic rings. The third-order valence-electron chi connectivity index (χ3n) is 6.24. The molecular weight excluding hydrogens is 488 g/mol. The molecule has 3 amide bonds. The Labute approximate surface area is 225 Å². The molecule has 0 aromatic heterocycles. The van der Waals surface area contributed by atoms with Crippen molar-refractivity contribution in [1.82, 2.24) is 15.1 Å². The fourth-order valence-electron chi connectivity index (χ4n) is 4.38. The maximum Gasteiger partial charge on any atom is 0.437 e. The number of guanidine groups is 1. The van der Waals surface area contributed by atoms with Crippen LogP contribution < -0.4 is 10.1 Å². The molecule has 0 aliphatic carbocycles. The zero-order valence-corrected chi connectivity index (χ0v) is 23.8. The number of piperidine rings is 1. The summed E-state index contributed by atoms with van der Waals surface area (Å²) in [5.74, 6) is 1.39. The summed E-state index contributed by atoms with van der Waals surface area (Å²) in [6, 6.07) is 6.05. The van der Waals surface area contributed by atoms with Crippen molar-refractivity contribution < 1.29 is 28.6 Å². The van der Waals surface area contributed by atoms with Crippen molar-refractivity contribution in [2.75, 3.05) is 26.2 Å². The van der Waals surface area contributed by atoms with Crippen LogP contribution in [0, 0.1) is 5.92 Å². The Hall–Kier alpha value is -3.30. The molecule has 0 radical (unpaired) electrons. The molecule has 38 heavy (non-hydrogen) atoms. The summed E-state index contributed by atoms with van der Waals surface area (Å²) < 4.78 is 16.9. The topological polar surface area (TPSA) is 110 Å². The minimum absolute atomic E-state index is 0.0858. The lowest BCUT2D eigenvalue weighted by Gasteiger charge is -2.32. The predicted octanol–water partition coefficient (Wildman–Crippen LogP) is 4.50. The number of alkyl carbamates (subject to hydrolysis) is 1. The van der Waals surface area contributed by atoms with Gasteiger partial charge in [0.15, 0.2) is 0 Å². The first-order valence-corrected chi connectivity index (χ1v) is 13.3. The van der Waals surface area contributed by atoms with Crippen LogP contribution in [0.1, 0.15) is 72.4 Å². The minimum Gasteiger partial charge on any atom is -0.493 e. The highest BCUT2D eigenvalue weighted by Gasteiger charge is 2.26. The van der Waals surface area contributed by atoms with Crippen LogP contribution in [0.5, 0.6) is 5.75 Å². The number of amides is 3. The van der Waals surface area contributed by atoms with Gasteiger partial charge in [0.25, 0.3) is 0 Å². The molecule has 0 bridgehead atoms. The van der Waals surface area contributed by atoms with Gasteiger partial charge in [-0.05, 0) is 90.0 Å². The number of rotatable bonds is 3. The third-order valence-corrected chi connectivity index (χ3v) is 6.24. The SMILES string of the molecule is CC(=O)N1CCC(COc2ccc3c(c2)CN(C(=NC(=O)OC(C)(C)C)NC(=O)OC(C)(C)C)CC3)CC1. The number of hydrogen-bond donors (Lipinski definition) is 1. The van der Waals surface area contributed by atoms with Crippen LogP contribution in [0.4, 0.5) is 9.59 Å². The maximum atomic E-state index is 12.5. The first-order chi connectivity index (χ1) is 17.7. The van der Waals surface area contributed by atoms with E-state index in [1.54, 1.807) is 48.5 Å². The minimum atomic E-state index is -0.790. The van der Waals surface area contributed by atoms with Gasteiger partial charge in [0, 0.05) is 33.1 Å². The lowest BCUT2D eigenvalue weighted by Crippen LogP contribution is -2.48. The number of fused-ring (bicyclic) bond motifs is 1. The molecule has 1 aromatic rings. The highest BCUT2D eigenvalue weighted by molar-refractivity contribution is 5.99. The quantitative estimate of drug-likeness (QED) is 0.453. The Bertz CT molecular complexity index is 1050. The van der Waals surface area contributed by atoms with E-state index in [2.05, 4.69) is 16.4 Å². The van der Waals surface area contributed by atoms with E-state index in [1.807, 2.05) is 21.9 Å². The van der Waals surface area contributed by atoms with Gasteiger partial charge in [0.05, 0.1) is 6.61 Å². The second-order valence-electron chi connectivity index (χ2n) is 11.9. The number of benzene rings is 1. The average Bonchev–Trinajstić information content (AvgIpc) is 2.79. The summed E-state index contributed by atoms with van der Waals surface area (Å²) in [5, 5.41) is 2.64. The number of ether oxygens (including phenoxy) is 3. The van der Waals surface area contributed by atoms with E-state index in [0.29, 0.717) is 32.0 Å². The standard InChI is InChI=1S/C28H42N4O6/c1-19(33)31-13-10-20(11-14-31)18-36-23-9-8-21-12-15-32(17-22(21)16-23)24(29-25(34)37-27(2,3)4)30-26(35)38-28(5,6)7/h8-9,16,20H,10-15,17-18H2,1-7H3,(H,29,30,34,35). The van der Waals surface area contributed by atoms with E-state index in [4.69, 9.17) is 14.2 Å². The normalized spacial score (nSPS) is 17.0. The van der Waals surface area contributed by atoms with Gasteiger partial charge in [-0.25, -0.2) is 9.59 Å². The average molecular weight is 531 g/mol. The van der Waals surface area contributed by atoms with E-state index in [1.165, 1.54) is 5.56 Å². The summed E-state index contributed by atoms with van der Waals surface area (Å²) in [4.78, 5) is 44.4. The summed E-state index contributed by atoms with van der Waals surface area (Å²) in [6.45, 7) is 15.3. The first kappa shape index (κ1) is 29.3. The number of nitrogens with zero attached hydrogens (tertiary/aromatic N) is 3. The molecule has 10 heteroatoms. The Morgan fingerprint density at radius 1 is 0.947 bits per heavy atom. The van der Waals surface area contributed by atoms with Gasteiger partial charge in [-0.15, -0.1) is 4.99 Å². The van der Waals surface area contributed by atoms with Gasteiger partial charge in [-0.1, -0.05) is 6.07 Å². The number of carbonyl (C=O) groups is 3. The Balaban J connectivity index is 1.69. The molecule has 0 saturated carbocycles. The molecule has 1 aromatic carbocycles. The lowest BCUT2D eigenvalue weighted by atomic mass is 9.97. The van der Waals surface area contributed by atoms with E-state index < -0.39 is 23.4 Å². The van der Waals surface area contributed by atoms with Crippen LogP contribution in [0.2, 0.25) is 0 Å². The second kappa shape index (κ2) is 12.0.